The van der Waals surface area contributed by atoms with E-state index < -0.39 is 0 Å². The summed E-state index contributed by atoms with van der Waals surface area (Å²) in [6, 6.07) is 25.3. The Hall–Kier alpha value is -2.91. The Morgan fingerprint density at radius 2 is 1.41 bits per heavy atom. The molecule has 3 heteroatoms. The van der Waals surface area contributed by atoms with Crippen LogP contribution >= 0.6 is 0 Å². The minimum atomic E-state index is 0.0358. The monoisotopic (exact) mass is 387 g/mol. The summed E-state index contributed by atoms with van der Waals surface area (Å²) in [6.45, 7) is 6.71. The summed E-state index contributed by atoms with van der Waals surface area (Å²) in [7, 11) is 0. The van der Waals surface area contributed by atoms with Crippen molar-refractivity contribution in [3.05, 3.63) is 101 Å². The van der Waals surface area contributed by atoms with E-state index in [9.17, 15) is 4.79 Å². The highest BCUT2D eigenvalue weighted by atomic mass is 16.1. The summed E-state index contributed by atoms with van der Waals surface area (Å²) in [5.41, 5.74) is 7.01. The predicted octanol–water partition coefficient (Wildman–Crippen LogP) is 4.41. The summed E-state index contributed by atoms with van der Waals surface area (Å²) in [5.74, 6) is 0.0358. The van der Waals surface area contributed by atoms with Crippen LogP contribution in [-0.4, -0.2) is 12.5 Å². The molecule has 0 aliphatic heterocycles. The molecule has 3 N–H and O–H groups in total. The Morgan fingerprint density at radius 3 is 2.00 bits per heavy atom. The zero-order chi connectivity index (χ0) is 20.6. The molecule has 3 aromatic rings. The predicted molar refractivity (Wildman–Crippen MR) is 120 cm³/mol. The van der Waals surface area contributed by atoms with Crippen LogP contribution in [0.15, 0.2) is 72.8 Å². The van der Waals surface area contributed by atoms with Gasteiger partial charge in [-0.1, -0.05) is 92.2 Å². The van der Waals surface area contributed by atoms with Crippen molar-refractivity contribution in [3.63, 3.8) is 0 Å². The Kier molecular flexibility index (Phi) is 7.20. The van der Waals surface area contributed by atoms with E-state index in [0.29, 0.717) is 6.54 Å². The molecular weight excluding hydrogens is 356 g/mol. The van der Waals surface area contributed by atoms with Crippen molar-refractivity contribution in [3.8, 4) is 0 Å². The standard InChI is InChI=1S/C26H30N2O/c1-4-20-12-9-13-21(5-2)26(20)28-24(29)18-27-25(22-10-7-6-8-11-22)23-16-14-19(3)15-17-23/h6-17,25,27H,4-5,18H2,1-3H3,(H,28,29)/p+1/t25-/m1/s1. The van der Waals surface area contributed by atoms with Gasteiger partial charge in [0.2, 0.25) is 0 Å². The molecule has 3 aromatic carbocycles. The number of carbonyl (C=O) groups excluding carboxylic acids is 1. The molecular formula is C26H31N2O+. The maximum Gasteiger partial charge on any atom is 0.279 e. The normalized spacial score (nSPS) is 11.8. The zero-order valence-corrected chi connectivity index (χ0v) is 17.6. The lowest BCUT2D eigenvalue weighted by atomic mass is 9.98. The van der Waals surface area contributed by atoms with Crippen molar-refractivity contribution in [1.82, 2.24) is 0 Å². The van der Waals surface area contributed by atoms with E-state index in [1.54, 1.807) is 0 Å². The van der Waals surface area contributed by atoms with Crippen molar-refractivity contribution < 1.29 is 10.1 Å². The number of carbonyl (C=O) groups is 1. The van der Waals surface area contributed by atoms with Gasteiger partial charge < -0.3 is 10.6 Å². The van der Waals surface area contributed by atoms with Crippen LogP contribution < -0.4 is 10.6 Å². The summed E-state index contributed by atoms with van der Waals surface area (Å²) >= 11 is 0. The fraction of sp³-hybridized carbons (Fsp3) is 0.269. The average Bonchev–Trinajstić information content (AvgIpc) is 2.76. The van der Waals surface area contributed by atoms with Gasteiger partial charge in [0.05, 0.1) is 0 Å². The molecule has 0 bridgehead atoms. The minimum Gasteiger partial charge on any atom is -0.328 e. The van der Waals surface area contributed by atoms with Crippen LogP contribution in [0.2, 0.25) is 0 Å². The molecule has 1 atom stereocenters. The third kappa shape index (κ3) is 5.33. The van der Waals surface area contributed by atoms with Gasteiger partial charge in [0.1, 0.15) is 6.04 Å². The van der Waals surface area contributed by atoms with Gasteiger partial charge >= 0.3 is 0 Å². The summed E-state index contributed by atoms with van der Waals surface area (Å²) < 4.78 is 0. The van der Waals surface area contributed by atoms with Crippen LogP contribution in [0.4, 0.5) is 5.69 Å². The first-order valence-corrected chi connectivity index (χ1v) is 10.5. The maximum atomic E-state index is 12.8. The molecule has 0 heterocycles. The number of anilines is 1. The molecule has 0 unspecified atom stereocenters. The number of nitrogens with two attached hydrogens (primary N) is 1. The largest absolute Gasteiger partial charge is 0.328 e. The molecule has 29 heavy (non-hydrogen) atoms. The molecule has 0 fully saturated rings. The molecule has 0 saturated heterocycles. The first-order valence-electron chi connectivity index (χ1n) is 10.5. The van der Waals surface area contributed by atoms with Crippen LogP contribution in [0, 0.1) is 6.92 Å². The van der Waals surface area contributed by atoms with Crippen molar-refractivity contribution in [2.24, 2.45) is 0 Å². The van der Waals surface area contributed by atoms with Crippen LogP contribution in [0.3, 0.4) is 0 Å². The fourth-order valence-corrected chi connectivity index (χ4v) is 3.72. The van der Waals surface area contributed by atoms with Crippen molar-refractivity contribution in [1.29, 1.82) is 0 Å². The quantitative estimate of drug-likeness (QED) is 0.591. The number of rotatable bonds is 8. The molecule has 150 valence electrons. The van der Waals surface area contributed by atoms with Gasteiger partial charge in [0, 0.05) is 16.8 Å². The van der Waals surface area contributed by atoms with Gasteiger partial charge in [-0.15, -0.1) is 0 Å². The summed E-state index contributed by atoms with van der Waals surface area (Å²) in [4.78, 5) is 12.8. The topological polar surface area (TPSA) is 45.7 Å². The highest BCUT2D eigenvalue weighted by Crippen LogP contribution is 2.22. The van der Waals surface area contributed by atoms with Gasteiger partial charge in [-0.05, 0) is 30.9 Å². The van der Waals surface area contributed by atoms with E-state index in [4.69, 9.17) is 0 Å². The average molecular weight is 388 g/mol. The first kappa shape index (κ1) is 20.8. The Labute approximate surface area is 174 Å². The van der Waals surface area contributed by atoms with Gasteiger partial charge in [0.15, 0.2) is 6.54 Å². The van der Waals surface area contributed by atoms with E-state index >= 15 is 0 Å². The number of amides is 1. The molecule has 0 aliphatic rings. The first-order chi connectivity index (χ1) is 14.1. The second-order valence-electron chi connectivity index (χ2n) is 7.45. The van der Waals surface area contributed by atoms with E-state index in [0.717, 1.165) is 18.5 Å². The third-order valence-corrected chi connectivity index (χ3v) is 5.40. The fourth-order valence-electron chi connectivity index (χ4n) is 3.72. The molecule has 0 spiro atoms. The van der Waals surface area contributed by atoms with Crippen molar-refractivity contribution in [2.45, 2.75) is 39.7 Å². The van der Waals surface area contributed by atoms with Gasteiger partial charge in [-0.2, -0.15) is 0 Å². The number of nitrogens with one attached hydrogen (secondary N) is 1. The van der Waals surface area contributed by atoms with Crippen LogP contribution in [0.25, 0.3) is 0 Å². The van der Waals surface area contributed by atoms with Gasteiger partial charge in [-0.3, -0.25) is 4.79 Å². The lowest BCUT2D eigenvalue weighted by Crippen LogP contribution is -2.87. The highest BCUT2D eigenvalue weighted by Gasteiger charge is 2.19. The van der Waals surface area contributed by atoms with E-state index in [1.807, 2.05) is 6.07 Å². The molecule has 3 rings (SSSR count). The zero-order valence-electron chi connectivity index (χ0n) is 17.6. The number of para-hydroxylation sites is 1. The number of benzene rings is 3. The van der Waals surface area contributed by atoms with Crippen molar-refractivity contribution >= 4 is 11.6 Å². The maximum absolute atomic E-state index is 12.8. The summed E-state index contributed by atoms with van der Waals surface area (Å²) in [5, 5.41) is 5.30. The molecule has 3 nitrogen and oxygen atoms in total. The van der Waals surface area contributed by atoms with E-state index in [1.165, 1.54) is 27.8 Å². The van der Waals surface area contributed by atoms with Crippen LogP contribution in [0.5, 0.6) is 0 Å². The molecule has 0 saturated carbocycles. The summed E-state index contributed by atoms with van der Waals surface area (Å²) in [6.07, 6.45) is 1.81. The van der Waals surface area contributed by atoms with Crippen molar-refractivity contribution in [2.75, 3.05) is 11.9 Å². The number of aryl methyl sites for hydroxylation is 3. The number of quaternary nitrogens is 1. The molecule has 0 aromatic heterocycles. The van der Waals surface area contributed by atoms with Crippen LogP contribution in [0.1, 0.15) is 47.7 Å². The minimum absolute atomic E-state index is 0.0358. The molecule has 0 radical (unpaired) electrons. The number of hydrogen-bond donors (Lipinski definition) is 2. The molecule has 0 aliphatic carbocycles. The van der Waals surface area contributed by atoms with E-state index in [2.05, 4.69) is 98.1 Å². The lowest BCUT2D eigenvalue weighted by molar-refractivity contribution is -0.676. The Morgan fingerprint density at radius 1 is 0.828 bits per heavy atom. The highest BCUT2D eigenvalue weighted by molar-refractivity contribution is 5.93. The van der Waals surface area contributed by atoms with Gasteiger partial charge in [0.25, 0.3) is 5.91 Å². The third-order valence-electron chi connectivity index (χ3n) is 5.40. The Bertz CT molecular complexity index is 910. The molecule has 1 amide bonds. The van der Waals surface area contributed by atoms with E-state index in [-0.39, 0.29) is 11.9 Å². The SMILES string of the molecule is CCc1cccc(CC)c1NC(=O)C[NH2+][C@H](c1ccccc1)c1ccc(C)cc1. The van der Waals surface area contributed by atoms with Crippen LogP contribution in [-0.2, 0) is 17.6 Å². The second kappa shape index (κ2) is 10.0. The van der Waals surface area contributed by atoms with Gasteiger partial charge in [-0.25, -0.2) is 0 Å². The smallest absolute Gasteiger partial charge is 0.279 e. The lowest BCUT2D eigenvalue weighted by Gasteiger charge is -2.18. The second-order valence-corrected chi connectivity index (χ2v) is 7.45. The Balaban J connectivity index is 1.76. The number of hydrogen-bond acceptors (Lipinski definition) is 1.